The summed E-state index contributed by atoms with van der Waals surface area (Å²) < 4.78 is 0. The molecule has 0 aromatic carbocycles. The Hall–Kier alpha value is -1.95. The van der Waals surface area contributed by atoms with Crippen LogP contribution in [0.5, 0.6) is 0 Å². The zero-order valence-corrected chi connectivity index (χ0v) is 11.5. The summed E-state index contributed by atoms with van der Waals surface area (Å²) in [5, 5.41) is 6.90. The molecule has 0 radical (unpaired) electrons. The number of amides is 2. The molecular weight excluding hydrogens is 268 g/mol. The SMILES string of the molecule is CCC(=O)N/N=C(\C)CC(=O)Nc1ccc(Cl)cn1. The van der Waals surface area contributed by atoms with Crippen molar-refractivity contribution in [2.75, 3.05) is 5.32 Å². The summed E-state index contributed by atoms with van der Waals surface area (Å²) in [4.78, 5) is 26.6. The maximum atomic E-state index is 11.6. The van der Waals surface area contributed by atoms with E-state index in [2.05, 4.69) is 20.8 Å². The van der Waals surface area contributed by atoms with E-state index in [1.54, 1.807) is 26.0 Å². The molecule has 0 spiro atoms. The Morgan fingerprint density at radius 3 is 2.68 bits per heavy atom. The van der Waals surface area contributed by atoms with E-state index in [9.17, 15) is 9.59 Å². The van der Waals surface area contributed by atoms with Gasteiger partial charge in [-0.3, -0.25) is 9.59 Å². The van der Waals surface area contributed by atoms with Crippen LogP contribution in [0.25, 0.3) is 0 Å². The van der Waals surface area contributed by atoms with Crippen molar-refractivity contribution in [3.05, 3.63) is 23.4 Å². The summed E-state index contributed by atoms with van der Waals surface area (Å²) in [6.45, 7) is 3.38. The molecule has 1 heterocycles. The highest BCUT2D eigenvalue weighted by Gasteiger charge is 2.05. The summed E-state index contributed by atoms with van der Waals surface area (Å²) in [5.74, 6) is -0.0410. The largest absolute Gasteiger partial charge is 0.310 e. The second kappa shape index (κ2) is 7.48. The molecule has 1 aromatic heterocycles. The Morgan fingerprint density at radius 1 is 1.37 bits per heavy atom. The molecular formula is C12H15ClN4O2. The number of hydrogen-bond acceptors (Lipinski definition) is 4. The van der Waals surface area contributed by atoms with Crippen LogP contribution in [0, 0.1) is 0 Å². The van der Waals surface area contributed by atoms with Gasteiger partial charge in [-0.1, -0.05) is 18.5 Å². The molecule has 0 bridgehead atoms. The molecule has 0 aliphatic carbocycles. The fourth-order valence-corrected chi connectivity index (χ4v) is 1.26. The van der Waals surface area contributed by atoms with Gasteiger partial charge >= 0.3 is 0 Å². The lowest BCUT2D eigenvalue weighted by molar-refractivity contribution is -0.121. The average Bonchev–Trinajstić information content (AvgIpc) is 2.38. The first-order valence-corrected chi connectivity index (χ1v) is 6.12. The molecule has 0 aliphatic rings. The van der Waals surface area contributed by atoms with Gasteiger partial charge in [0.2, 0.25) is 11.8 Å². The average molecular weight is 283 g/mol. The van der Waals surface area contributed by atoms with Crippen LogP contribution in [0.4, 0.5) is 5.82 Å². The fourth-order valence-electron chi connectivity index (χ4n) is 1.15. The zero-order chi connectivity index (χ0) is 14.3. The molecule has 2 N–H and O–H groups in total. The summed E-state index contributed by atoms with van der Waals surface area (Å²) in [6.07, 6.45) is 1.87. The Balaban J connectivity index is 2.46. The standard InChI is InChI=1S/C12H15ClN4O2/c1-3-11(18)17-16-8(2)6-12(19)15-10-5-4-9(13)7-14-10/h4-5,7H,3,6H2,1-2H3,(H,17,18)(H,14,15,19)/b16-8+. The van der Waals surface area contributed by atoms with Crippen LogP contribution in [-0.2, 0) is 9.59 Å². The van der Waals surface area contributed by atoms with E-state index in [0.29, 0.717) is 23.0 Å². The number of anilines is 1. The van der Waals surface area contributed by atoms with E-state index >= 15 is 0 Å². The third kappa shape index (κ3) is 5.96. The molecule has 1 rings (SSSR count). The molecule has 0 aliphatic heterocycles. The van der Waals surface area contributed by atoms with Gasteiger partial charge in [-0.05, 0) is 19.1 Å². The number of nitrogens with zero attached hydrogens (tertiary/aromatic N) is 2. The van der Waals surface area contributed by atoms with Crippen molar-refractivity contribution < 1.29 is 9.59 Å². The lowest BCUT2D eigenvalue weighted by Gasteiger charge is -2.04. The van der Waals surface area contributed by atoms with Crippen LogP contribution >= 0.6 is 11.6 Å². The van der Waals surface area contributed by atoms with Gasteiger partial charge in [-0.2, -0.15) is 5.10 Å². The normalized spacial score (nSPS) is 11.0. The number of rotatable bonds is 5. The highest BCUT2D eigenvalue weighted by molar-refractivity contribution is 6.30. The number of halogens is 1. The molecule has 0 fully saturated rings. The van der Waals surface area contributed by atoms with Gasteiger partial charge in [0.25, 0.3) is 0 Å². The predicted molar refractivity (Wildman–Crippen MR) is 74.0 cm³/mol. The van der Waals surface area contributed by atoms with E-state index in [0.717, 1.165) is 0 Å². The molecule has 2 amide bonds. The highest BCUT2D eigenvalue weighted by atomic mass is 35.5. The topological polar surface area (TPSA) is 83.5 Å². The Bertz CT molecular complexity index is 485. The van der Waals surface area contributed by atoms with Gasteiger partial charge < -0.3 is 5.32 Å². The molecule has 0 saturated carbocycles. The smallest absolute Gasteiger partial charge is 0.239 e. The maximum Gasteiger partial charge on any atom is 0.239 e. The Morgan fingerprint density at radius 2 is 2.11 bits per heavy atom. The number of aromatic nitrogens is 1. The maximum absolute atomic E-state index is 11.6. The second-order valence-corrected chi connectivity index (χ2v) is 4.26. The Labute approximate surface area is 116 Å². The highest BCUT2D eigenvalue weighted by Crippen LogP contribution is 2.09. The van der Waals surface area contributed by atoms with Crippen LogP contribution in [0.15, 0.2) is 23.4 Å². The van der Waals surface area contributed by atoms with E-state index in [4.69, 9.17) is 11.6 Å². The lowest BCUT2D eigenvalue weighted by atomic mass is 10.3. The fraction of sp³-hybridized carbons (Fsp3) is 0.333. The van der Waals surface area contributed by atoms with Gasteiger partial charge in [0.1, 0.15) is 5.82 Å². The number of hydrazone groups is 1. The van der Waals surface area contributed by atoms with Crippen LogP contribution in [0.1, 0.15) is 26.7 Å². The van der Waals surface area contributed by atoms with Gasteiger partial charge in [0.05, 0.1) is 11.4 Å². The first kappa shape index (κ1) is 15.1. The molecule has 1 aromatic rings. The van der Waals surface area contributed by atoms with Crippen molar-refractivity contribution in [3.63, 3.8) is 0 Å². The van der Waals surface area contributed by atoms with E-state index < -0.39 is 0 Å². The van der Waals surface area contributed by atoms with Gasteiger partial charge in [0.15, 0.2) is 0 Å². The zero-order valence-electron chi connectivity index (χ0n) is 10.7. The van der Waals surface area contributed by atoms with Crippen molar-refractivity contribution in [1.29, 1.82) is 0 Å². The molecule has 0 saturated heterocycles. The first-order valence-electron chi connectivity index (χ1n) is 5.74. The first-order chi connectivity index (χ1) is 9.01. The molecule has 6 nitrogen and oxygen atoms in total. The molecule has 19 heavy (non-hydrogen) atoms. The van der Waals surface area contributed by atoms with Crippen LogP contribution in [-0.4, -0.2) is 22.5 Å². The number of hydrogen-bond donors (Lipinski definition) is 2. The lowest BCUT2D eigenvalue weighted by Crippen LogP contribution is -2.20. The minimum atomic E-state index is -0.262. The Kier molecular flexibility index (Phi) is 5.95. The number of nitrogens with one attached hydrogen (secondary N) is 2. The molecule has 102 valence electrons. The van der Waals surface area contributed by atoms with Crippen molar-refractivity contribution >= 4 is 34.9 Å². The minimum Gasteiger partial charge on any atom is -0.310 e. The van der Waals surface area contributed by atoms with Crippen molar-refractivity contribution in [2.24, 2.45) is 5.10 Å². The van der Waals surface area contributed by atoms with Crippen molar-refractivity contribution in [3.8, 4) is 0 Å². The summed E-state index contributed by atoms with van der Waals surface area (Å²) in [6, 6.07) is 3.23. The molecule has 0 unspecified atom stereocenters. The van der Waals surface area contributed by atoms with E-state index in [-0.39, 0.29) is 18.2 Å². The van der Waals surface area contributed by atoms with Crippen molar-refractivity contribution in [1.82, 2.24) is 10.4 Å². The molecule has 7 heteroatoms. The second-order valence-electron chi connectivity index (χ2n) is 3.82. The summed E-state index contributed by atoms with van der Waals surface area (Å²) in [5.41, 5.74) is 2.85. The minimum absolute atomic E-state index is 0.0777. The van der Waals surface area contributed by atoms with Gasteiger partial charge in [0, 0.05) is 18.3 Å². The number of pyridine rings is 1. The third-order valence-electron chi connectivity index (χ3n) is 2.10. The van der Waals surface area contributed by atoms with Crippen molar-refractivity contribution in [2.45, 2.75) is 26.7 Å². The summed E-state index contributed by atoms with van der Waals surface area (Å²) in [7, 11) is 0. The van der Waals surface area contributed by atoms with Crippen LogP contribution < -0.4 is 10.7 Å². The van der Waals surface area contributed by atoms with Crippen LogP contribution in [0.2, 0.25) is 5.02 Å². The predicted octanol–water partition coefficient (Wildman–Crippen LogP) is 1.97. The van der Waals surface area contributed by atoms with Crippen LogP contribution in [0.3, 0.4) is 0 Å². The number of carbonyl (C=O) groups is 2. The van der Waals surface area contributed by atoms with E-state index in [1.165, 1.54) is 6.20 Å². The number of carbonyl (C=O) groups excluding carboxylic acids is 2. The van der Waals surface area contributed by atoms with E-state index in [1.807, 2.05) is 0 Å². The van der Waals surface area contributed by atoms with Gasteiger partial charge in [-0.15, -0.1) is 0 Å². The van der Waals surface area contributed by atoms with Gasteiger partial charge in [-0.25, -0.2) is 10.4 Å². The quantitative estimate of drug-likeness (QED) is 0.640. The third-order valence-corrected chi connectivity index (χ3v) is 2.33. The summed E-state index contributed by atoms with van der Waals surface area (Å²) >= 11 is 5.68. The monoisotopic (exact) mass is 282 g/mol. The molecule has 0 atom stereocenters.